The first-order chi connectivity index (χ1) is 16.6. The highest BCUT2D eigenvalue weighted by Gasteiger charge is 2.24. The van der Waals surface area contributed by atoms with Crippen molar-refractivity contribution >= 4 is 51.4 Å². The maximum Gasteiger partial charge on any atom is 0.230 e. The van der Waals surface area contributed by atoms with Crippen LogP contribution in [0.3, 0.4) is 0 Å². The van der Waals surface area contributed by atoms with Crippen LogP contribution < -0.4 is 15.6 Å². The van der Waals surface area contributed by atoms with E-state index in [0.717, 1.165) is 17.6 Å². The zero-order valence-electron chi connectivity index (χ0n) is 20.7. The molecule has 35 heavy (non-hydrogen) atoms. The summed E-state index contributed by atoms with van der Waals surface area (Å²) in [4.78, 5) is 17.7. The van der Waals surface area contributed by atoms with Gasteiger partial charge in [-0.1, -0.05) is 37.7 Å². The molecule has 1 amide bonds. The number of rotatable bonds is 9. The molecule has 0 aliphatic heterocycles. The molecule has 0 fully saturated rings. The molecule has 0 bridgehead atoms. The number of ether oxygens (including phenoxy) is 2. The maximum atomic E-state index is 12.8. The zero-order chi connectivity index (χ0) is 25.6. The van der Waals surface area contributed by atoms with Gasteiger partial charge in [0.15, 0.2) is 0 Å². The summed E-state index contributed by atoms with van der Waals surface area (Å²) in [5.74, 6) is 1.01. The van der Waals surface area contributed by atoms with Gasteiger partial charge in [0, 0.05) is 17.0 Å². The standard InChI is InChI=1S/C27H31ClN2O4S/c1-17(2)12-13-33-27(3,4)16-24(31)30-26(35)22-15-18-14-19(28)6-11-23(18)34-25(22)29-20-7-9-21(32-5)10-8-20/h6-11,14-15,17H,12-13,16H2,1-5H3,(H,30,31,35)/b29-25-. The van der Waals surface area contributed by atoms with Crippen LogP contribution in [0.1, 0.15) is 46.1 Å². The predicted molar refractivity (Wildman–Crippen MR) is 143 cm³/mol. The third kappa shape index (κ3) is 7.88. The van der Waals surface area contributed by atoms with Crippen LogP contribution in [-0.4, -0.2) is 30.2 Å². The normalized spacial score (nSPS) is 12.3. The number of amides is 1. The first-order valence-corrected chi connectivity index (χ1v) is 12.3. The lowest BCUT2D eigenvalue weighted by molar-refractivity contribution is -0.126. The number of fused-ring (bicyclic) bond motifs is 1. The SMILES string of the molecule is COc1ccc(/N=c2\oc3ccc(Cl)cc3cc2C(=S)NC(=O)CC(C)(C)OCCC(C)C)cc1. The number of thiocarbonyl (C=S) groups is 1. The van der Waals surface area contributed by atoms with Crippen LogP contribution in [0.4, 0.5) is 5.69 Å². The van der Waals surface area contributed by atoms with Gasteiger partial charge >= 0.3 is 0 Å². The van der Waals surface area contributed by atoms with Crippen LogP contribution in [0.25, 0.3) is 11.0 Å². The fourth-order valence-electron chi connectivity index (χ4n) is 3.37. The quantitative estimate of drug-likeness (QED) is 0.337. The van der Waals surface area contributed by atoms with Gasteiger partial charge in [-0.25, -0.2) is 4.99 Å². The molecule has 0 aliphatic carbocycles. The van der Waals surface area contributed by atoms with E-state index in [9.17, 15) is 4.79 Å². The van der Waals surface area contributed by atoms with Gasteiger partial charge in [0.2, 0.25) is 11.5 Å². The van der Waals surface area contributed by atoms with Gasteiger partial charge in [0.05, 0.1) is 30.4 Å². The van der Waals surface area contributed by atoms with E-state index in [0.29, 0.717) is 34.4 Å². The highest BCUT2D eigenvalue weighted by atomic mass is 35.5. The van der Waals surface area contributed by atoms with E-state index in [1.54, 1.807) is 37.4 Å². The Morgan fingerprint density at radius 1 is 1.17 bits per heavy atom. The highest BCUT2D eigenvalue weighted by molar-refractivity contribution is 7.80. The molecule has 1 heterocycles. The van der Waals surface area contributed by atoms with E-state index in [1.165, 1.54) is 0 Å². The third-order valence-electron chi connectivity index (χ3n) is 5.28. The minimum absolute atomic E-state index is 0.159. The fraction of sp³-hybridized carbons (Fsp3) is 0.370. The second-order valence-electron chi connectivity index (χ2n) is 9.30. The Morgan fingerprint density at radius 2 is 1.89 bits per heavy atom. The van der Waals surface area contributed by atoms with Crippen LogP contribution in [0.2, 0.25) is 5.02 Å². The molecule has 0 spiro atoms. The number of nitrogens with one attached hydrogen (secondary N) is 1. The number of hydrogen-bond acceptors (Lipinski definition) is 6. The van der Waals surface area contributed by atoms with Crippen LogP contribution in [0.15, 0.2) is 57.9 Å². The molecule has 3 rings (SSSR count). The Labute approximate surface area is 216 Å². The van der Waals surface area contributed by atoms with Gasteiger partial charge in [0.25, 0.3) is 0 Å². The van der Waals surface area contributed by atoms with Crippen LogP contribution in [0, 0.1) is 5.92 Å². The number of carbonyl (C=O) groups excluding carboxylic acids is 1. The zero-order valence-corrected chi connectivity index (χ0v) is 22.3. The van der Waals surface area contributed by atoms with Crippen molar-refractivity contribution < 1.29 is 18.7 Å². The van der Waals surface area contributed by atoms with Crippen LogP contribution >= 0.6 is 23.8 Å². The Bertz CT molecular complexity index is 1270. The largest absolute Gasteiger partial charge is 0.497 e. The predicted octanol–water partition coefficient (Wildman–Crippen LogP) is 6.35. The van der Waals surface area contributed by atoms with Crippen molar-refractivity contribution in [3.63, 3.8) is 0 Å². The summed E-state index contributed by atoms with van der Waals surface area (Å²) in [6.45, 7) is 8.66. The molecule has 0 aliphatic rings. The van der Waals surface area contributed by atoms with Crippen molar-refractivity contribution in [1.82, 2.24) is 5.32 Å². The molecular weight excluding hydrogens is 484 g/mol. The molecule has 1 N–H and O–H groups in total. The molecule has 8 heteroatoms. The molecular formula is C27H31ClN2O4S. The van der Waals surface area contributed by atoms with E-state index in [-0.39, 0.29) is 22.9 Å². The van der Waals surface area contributed by atoms with Crippen molar-refractivity contribution in [2.24, 2.45) is 10.9 Å². The second-order valence-corrected chi connectivity index (χ2v) is 10.1. The number of nitrogens with zero attached hydrogens (tertiary/aromatic N) is 1. The first kappa shape index (κ1) is 26.9. The lowest BCUT2D eigenvalue weighted by Crippen LogP contribution is -2.38. The van der Waals surface area contributed by atoms with Crippen molar-refractivity contribution in [2.45, 2.75) is 46.1 Å². The van der Waals surface area contributed by atoms with Crippen LogP contribution in [0.5, 0.6) is 5.75 Å². The molecule has 2 aromatic carbocycles. The summed E-state index contributed by atoms with van der Waals surface area (Å²) in [7, 11) is 1.60. The molecule has 0 unspecified atom stereocenters. The number of halogens is 1. The summed E-state index contributed by atoms with van der Waals surface area (Å²) < 4.78 is 17.2. The minimum atomic E-state index is -0.619. The molecule has 186 valence electrons. The lowest BCUT2D eigenvalue weighted by atomic mass is 10.0. The molecule has 6 nitrogen and oxygen atoms in total. The van der Waals surface area contributed by atoms with Gasteiger partial charge in [-0.2, -0.15) is 0 Å². The average Bonchev–Trinajstić information content (AvgIpc) is 2.78. The van der Waals surface area contributed by atoms with Gasteiger partial charge in [-0.3, -0.25) is 4.79 Å². The number of methoxy groups -OCH3 is 1. The van der Waals surface area contributed by atoms with E-state index < -0.39 is 5.60 Å². The van der Waals surface area contributed by atoms with Gasteiger partial charge in [-0.05, 0) is 74.7 Å². The fourth-order valence-corrected chi connectivity index (χ4v) is 3.81. The van der Waals surface area contributed by atoms with Gasteiger partial charge in [-0.15, -0.1) is 0 Å². The topological polar surface area (TPSA) is 73.1 Å². The lowest BCUT2D eigenvalue weighted by Gasteiger charge is -2.25. The molecule has 0 saturated heterocycles. The molecule has 0 atom stereocenters. The Kier molecular flexibility index (Phi) is 9.05. The van der Waals surface area contributed by atoms with Crippen molar-refractivity contribution in [1.29, 1.82) is 0 Å². The summed E-state index contributed by atoms with van der Waals surface area (Å²) in [6, 6.07) is 14.3. The number of hydrogen-bond donors (Lipinski definition) is 1. The summed E-state index contributed by atoms with van der Waals surface area (Å²) in [5, 5.41) is 4.12. The van der Waals surface area contributed by atoms with Crippen LogP contribution in [-0.2, 0) is 9.53 Å². The Hall–Kier alpha value is -2.74. The summed E-state index contributed by atoms with van der Waals surface area (Å²) in [6.07, 6.45) is 1.09. The highest BCUT2D eigenvalue weighted by Crippen LogP contribution is 2.21. The maximum absolute atomic E-state index is 12.8. The van der Waals surface area contributed by atoms with E-state index in [4.69, 9.17) is 37.7 Å². The van der Waals surface area contributed by atoms with E-state index in [2.05, 4.69) is 24.2 Å². The third-order valence-corrected chi connectivity index (χ3v) is 5.84. The van der Waals surface area contributed by atoms with Crippen molar-refractivity contribution in [2.75, 3.05) is 13.7 Å². The van der Waals surface area contributed by atoms with Crippen molar-refractivity contribution in [3.8, 4) is 5.75 Å². The summed E-state index contributed by atoms with van der Waals surface area (Å²) in [5.41, 5.74) is 1.39. The minimum Gasteiger partial charge on any atom is -0.497 e. The average molecular weight is 515 g/mol. The van der Waals surface area contributed by atoms with E-state index in [1.807, 2.05) is 32.0 Å². The Balaban J connectivity index is 1.89. The smallest absolute Gasteiger partial charge is 0.230 e. The molecule has 1 aromatic heterocycles. The second kappa shape index (κ2) is 11.8. The van der Waals surface area contributed by atoms with Gasteiger partial charge < -0.3 is 19.2 Å². The van der Waals surface area contributed by atoms with E-state index >= 15 is 0 Å². The monoisotopic (exact) mass is 514 g/mol. The number of benzene rings is 2. The molecule has 0 radical (unpaired) electrons. The van der Waals surface area contributed by atoms with Crippen molar-refractivity contribution in [3.05, 3.63) is 64.7 Å². The number of carbonyl (C=O) groups is 1. The first-order valence-electron chi connectivity index (χ1n) is 11.5. The summed E-state index contributed by atoms with van der Waals surface area (Å²) >= 11 is 11.8. The molecule has 0 saturated carbocycles. The van der Waals surface area contributed by atoms with Gasteiger partial charge in [0.1, 0.15) is 16.3 Å². The Morgan fingerprint density at radius 3 is 2.54 bits per heavy atom. The molecule has 3 aromatic rings.